The summed E-state index contributed by atoms with van der Waals surface area (Å²) < 4.78 is 5.41. The molecule has 164 valence electrons. The second-order valence-corrected chi connectivity index (χ2v) is 7.82. The highest BCUT2D eigenvalue weighted by Crippen LogP contribution is 2.27. The Labute approximate surface area is 190 Å². The molecule has 8 heteroatoms. The average Bonchev–Trinajstić information content (AvgIpc) is 3.48. The zero-order chi connectivity index (χ0) is 22.6. The van der Waals surface area contributed by atoms with E-state index >= 15 is 0 Å². The number of rotatable bonds is 6. The molecule has 0 radical (unpaired) electrons. The van der Waals surface area contributed by atoms with Crippen LogP contribution in [0.3, 0.4) is 0 Å². The lowest BCUT2D eigenvalue weighted by Gasteiger charge is -2.17. The molecular formula is C25H21N5O3. The molecule has 4 aromatic rings. The molecule has 1 fully saturated rings. The molecule has 0 bridgehead atoms. The fourth-order valence-electron chi connectivity index (χ4n) is 3.87. The topological polar surface area (TPSA) is 101 Å². The average molecular weight is 439 g/mol. The first kappa shape index (κ1) is 20.6. The van der Waals surface area contributed by atoms with Crippen LogP contribution in [0, 0.1) is 5.92 Å². The minimum atomic E-state index is -0.425. The molecule has 1 aliphatic heterocycles. The Morgan fingerprint density at radius 2 is 1.88 bits per heavy atom. The second kappa shape index (κ2) is 9.04. The number of nitrogens with zero attached hydrogens (tertiary/aromatic N) is 4. The van der Waals surface area contributed by atoms with Gasteiger partial charge in [0.15, 0.2) is 0 Å². The van der Waals surface area contributed by atoms with Crippen LogP contribution in [0.25, 0.3) is 11.4 Å². The Morgan fingerprint density at radius 1 is 1.06 bits per heavy atom. The molecule has 0 spiro atoms. The molecule has 0 aliphatic carbocycles. The van der Waals surface area contributed by atoms with Crippen molar-refractivity contribution in [2.45, 2.75) is 12.8 Å². The summed E-state index contributed by atoms with van der Waals surface area (Å²) in [6.07, 6.45) is 3.90. The van der Waals surface area contributed by atoms with Crippen LogP contribution in [0.5, 0.6) is 0 Å². The number of benzene rings is 2. The largest absolute Gasteiger partial charge is 0.339 e. The van der Waals surface area contributed by atoms with Gasteiger partial charge in [0.25, 0.3) is 0 Å². The molecule has 1 saturated heterocycles. The van der Waals surface area contributed by atoms with E-state index < -0.39 is 5.92 Å². The number of nitrogens with one attached hydrogen (secondary N) is 1. The van der Waals surface area contributed by atoms with Crippen LogP contribution in [-0.4, -0.2) is 33.5 Å². The van der Waals surface area contributed by atoms with Crippen molar-refractivity contribution in [1.29, 1.82) is 0 Å². The molecule has 3 heterocycles. The first-order valence-corrected chi connectivity index (χ1v) is 10.6. The SMILES string of the molecule is O=C(Nc1ccccc1Cc1nc(-c2cccnc2)no1)C1CC(=O)N(c2ccccc2)C1. The predicted molar refractivity (Wildman–Crippen MR) is 122 cm³/mol. The third kappa shape index (κ3) is 4.50. The zero-order valence-corrected chi connectivity index (χ0v) is 17.7. The number of aromatic nitrogens is 3. The molecule has 2 aromatic carbocycles. The quantitative estimate of drug-likeness (QED) is 0.491. The van der Waals surface area contributed by atoms with E-state index in [9.17, 15) is 9.59 Å². The lowest BCUT2D eigenvalue weighted by Crippen LogP contribution is -2.28. The van der Waals surface area contributed by atoms with Gasteiger partial charge in [-0.2, -0.15) is 4.98 Å². The summed E-state index contributed by atoms with van der Waals surface area (Å²) in [4.78, 5) is 35.6. The first-order valence-electron chi connectivity index (χ1n) is 10.6. The standard InChI is InChI=1S/C25H21N5O3/c31-23-14-19(16-30(23)20-9-2-1-3-10-20)25(32)27-21-11-5-4-7-17(21)13-22-28-24(29-33-22)18-8-6-12-26-15-18/h1-12,15,19H,13-14,16H2,(H,27,32). The van der Waals surface area contributed by atoms with E-state index in [-0.39, 0.29) is 18.2 Å². The fourth-order valence-corrected chi connectivity index (χ4v) is 3.87. The summed E-state index contributed by atoms with van der Waals surface area (Å²) in [7, 11) is 0. The number of pyridine rings is 1. The Kier molecular flexibility index (Phi) is 5.63. The normalized spacial score (nSPS) is 15.6. The van der Waals surface area contributed by atoms with Crippen LogP contribution in [0.4, 0.5) is 11.4 Å². The molecule has 2 amide bonds. The van der Waals surface area contributed by atoms with Crippen LogP contribution in [0.15, 0.2) is 83.6 Å². The summed E-state index contributed by atoms with van der Waals surface area (Å²) in [5.41, 5.74) is 3.08. The Bertz CT molecular complexity index is 1270. The zero-order valence-electron chi connectivity index (χ0n) is 17.7. The van der Waals surface area contributed by atoms with Gasteiger partial charge in [0.1, 0.15) is 0 Å². The summed E-state index contributed by atoms with van der Waals surface area (Å²) >= 11 is 0. The number of anilines is 2. The molecule has 1 atom stereocenters. The Hall–Kier alpha value is -4.33. The fraction of sp³-hybridized carbons (Fsp3) is 0.160. The number of para-hydroxylation sites is 2. The number of carbonyl (C=O) groups excluding carboxylic acids is 2. The summed E-state index contributed by atoms with van der Waals surface area (Å²) in [5.74, 6) is 0.234. The summed E-state index contributed by atoms with van der Waals surface area (Å²) in [6.45, 7) is 0.356. The molecule has 2 aromatic heterocycles. The van der Waals surface area contributed by atoms with E-state index in [1.165, 1.54) is 0 Å². The van der Waals surface area contributed by atoms with Crippen molar-refractivity contribution in [3.63, 3.8) is 0 Å². The molecule has 33 heavy (non-hydrogen) atoms. The van der Waals surface area contributed by atoms with Gasteiger partial charge >= 0.3 is 0 Å². The number of hydrogen-bond donors (Lipinski definition) is 1. The highest BCUT2D eigenvalue weighted by molar-refractivity contribution is 6.03. The molecule has 1 N–H and O–H groups in total. The van der Waals surface area contributed by atoms with Gasteiger partial charge in [-0.3, -0.25) is 14.6 Å². The summed E-state index contributed by atoms with van der Waals surface area (Å²) in [6, 6.07) is 20.5. The molecular weight excluding hydrogens is 418 g/mol. The van der Waals surface area contributed by atoms with Crippen molar-refractivity contribution in [3.05, 3.63) is 90.6 Å². The first-order chi connectivity index (χ1) is 16.2. The molecule has 1 unspecified atom stereocenters. The van der Waals surface area contributed by atoms with Crippen molar-refractivity contribution >= 4 is 23.2 Å². The maximum absolute atomic E-state index is 13.0. The Balaban J connectivity index is 1.28. The van der Waals surface area contributed by atoms with Gasteiger partial charge in [-0.05, 0) is 35.9 Å². The van der Waals surface area contributed by atoms with E-state index in [1.807, 2.05) is 66.7 Å². The highest BCUT2D eigenvalue weighted by atomic mass is 16.5. The van der Waals surface area contributed by atoms with Crippen LogP contribution >= 0.6 is 0 Å². The number of amides is 2. The van der Waals surface area contributed by atoms with Crippen molar-refractivity contribution in [2.75, 3.05) is 16.8 Å². The van der Waals surface area contributed by atoms with Gasteiger partial charge in [-0.15, -0.1) is 0 Å². The van der Waals surface area contributed by atoms with Gasteiger partial charge in [-0.25, -0.2) is 0 Å². The van der Waals surface area contributed by atoms with E-state index in [0.717, 1.165) is 16.8 Å². The van der Waals surface area contributed by atoms with Crippen LogP contribution in [0.1, 0.15) is 17.9 Å². The van der Waals surface area contributed by atoms with Gasteiger partial charge in [0.05, 0.1) is 12.3 Å². The Morgan fingerprint density at radius 3 is 2.70 bits per heavy atom. The maximum atomic E-state index is 13.0. The number of hydrogen-bond acceptors (Lipinski definition) is 6. The third-order valence-corrected chi connectivity index (χ3v) is 5.57. The van der Waals surface area contributed by atoms with Gasteiger partial charge in [0, 0.05) is 42.3 Å². The second-order valence-electron chi connectivity index (χ2n) is 7.82. The third-order valence-electron chi connectivity index (χ3n) is 5.57. The lowest BCUT2D eigenvalue weighted by atomic mass is 10.1. The van der Waals surface area contributed by atoms with Crippen molar-refractivity contribution < 1.29 is 14.1 Å². The van der Waals surface area contributed by atoms with Gasteiger partial charge in [0.2, 0.25) is 23.5 Å². The smallest absolute Gasteiger partial charge is 0.231 e. The maximum Gasteiger partial charge on any atom is 0.231 e. The lowest BCUT2D eigenvalue weighted by molar-refractivity contribution is -0.122. The van der Waals surface area contributed by atoms with Crippen molar-refractivity contribution in [3.8, 4) is 11.4 Å². The summed E-state index contributed by atoms with van der Waals surface area (Å²) in [5, 5.41) is 7.01. The van der Waals surface area contributed by atoms with E-state index in [1.54, 1.807) is 17.3 Å². The molecule has 0 saturated carbocycles. The van der Waals surface area contributed by atoms with Crippen LogP contribution in [0.2, 0.25) is 0 Å². The van der Waals surface area contributed by atoms with Gasteiger partial charge in [-0.1, -0.05) is 41.6 Å². The van der Waals surface area contributed by atoms with E-state index in [4.69, 9.17) is 4.52 Å². The monoisotopic (exact) mass is 439 g/mol. The molecule has 1 aliphatic rings. The van der Waals surface area contributed by atoms with Crippen molar-refractivity contribution in [2.24, 2.45) is 5.92 Å². The van der Waals surface area contributed by atoms with Crippen LogP contribution < -0.4 is 10.2 Å². The van der Waals surface area contributed by atoms with E-state index in [0.29, 0.717) is 30.4 Å². The van der Waals surface area contributed by atoms with Crippen LogP contribution in [-0.2, 0) is 16.0 Å². The van der Waals surface area contributed by atoms with E-state index in [2.05, 4.69) is 20.4 Å². The number of carbonyl (C=O) groups is 2. The minimum absolute atomic E-state index is 0.0524. The van der Waals surface area contributed by atoms with Crippen molar-refractivity contribution in [1.82, 2.24) is 15.1 Å². The minimum Gasteiger partial charge on any atom is -0.339 e. The molecule has 8 nitrogen and oxygen atoms in total. The highest BCUT2D eigenvalue weighted by Gasteiger charge is 2.35. The molecule has 5 rings (SSSR count). The predicted octanol–water partition coefficient (Wildman–Crippen LogP) is 3.71. The van der Waals surface area contributed by atoms with Gasteiger partial charge < -0.3 is 14.7 Å².